The normalized spacial score (nSPS) is 11.5. The first-order valence-corrected chi connectivity index (χ1v) is 8.29. The standard InChI is InChI=1S/C15H15Cl2N3S/c1-3-12-8(2)21-15-19-14(13(7-18)20(12)15)10-5-4-9(16)6-11(10)17/h4-6H,3,7,18H2,1-2H3. The summed E-state index contributed by atoms with van der Waals surface area (Å²) < 4.78 is 2.17. The lowest BCUT2D eigenvalue weighted by Gasteiger charge is -2.06. The van der Waals surface area contributed by atoms with Gasteiger partial charge in [-0.25, -0.2) is 4.98 Å². The number of hydrogen-bond acceptors (Lipinski definition) is 3. The van der Waals surface area contributed by atoms with Crippen molar-refractivity contribution < 1.29 is 0 Å². The lowest BCUT2D eigenvalue weighted by Crippen LogP contribution is -2.05. The zero-order valence-electron chi connectivity index (χ0n) is 11.8. The second-order valence-electron chi connectivity index (χ2n) is 4.81. The number of rotatable bonds is 3. The van der Waals surface area contributed by atoms with Crippen molar-refractivity contribution >= 4 is 39.5 Å². The molecule has 0 spiro atoms. The Morgan fingerprint density at radius 3 is 2.67 bits per heavy atom. The summed E-state index contributed by atoms with van der Waals surface area (Å²) in [6, 6.07) is 5.45. The van der Waals surface area contributed by atoms with E-state index in [-0.39, 0.29) is 0 Å². The maximum Gasteiger partial charge on any atom is 0.194 e. The summed E-state index contributed by atoms with van der Waals surface area (Å²) in [5.74, 6) is 0. The summed E-state index contributed by atoms with van der Waals surface area (Å²) in [6.45, 7) is 4.68. The van der Waals surface area contributed by atoms with E-state index in [1.807, 2.05) is 12.1 Å². The van der Waals surface area contributed by atoms with Crippen LogP contribution in [0.1, 0.15) is 23.2 Å². The molecule has 2 heterocycles. The number of nitrogens with zero attached hydrogens (tertiary/aromatic N) is 2. The van der Waals surface area contributed by atoms with Gasteiger partial charge in [0, 0.05) is 27.7 Å². The molecule has 2 N–H and O–H groups in total. The molecule has 0 atom stereocenters. The van der Waals surface area contributed by atoms with Gasteiger partial charge in [-0.1, -0.05) is 30.1 Å². The largest absolute Gasteiger partial charge is 0.325 e. The molecular weight excluding hydrogens is 325 g/mol. The van der Waals surface area contributed by atoms with Crippen molar-refractivity contribution in [3.05, 3.63) is 44.5 Å². The third-order valence-electron chi connectivity index (χ3n) is 3.58. The third-order valence-corrected chi connectivity index (χ3v) is 5.12. The second-order valence-corrected chi connectivity index (χ2v) is 6.84. The van der Waals surface area contributed by atoms with Gasteiger partial charge in [-0.3, -0.25) is 4.40 Å². The topological polar surface area (TPSA) is 43.3 Å². The monoisotopic (exact) mass is 339 g/mol. The van der Waals surface area contributed by atoms with E-state index >= 15 is 0 Å². The Morgan fingerprint density at radius 2 is 2.05 bits per heavy atom. The molecule has 0 fully saturated rings. The molecule has 6 heteroatoms. The van der Waals surface area contributed by atoms with Crippen LogP contribution in [0.2, 0.25) is 10.0 Å². The van der Waals surface area contributed by atoms with E-state index in [0.717, 1.165) is 28.3 Å². The van der Waals surface area contributed by atoms with E-state index in [2.05, 4.69) is 18.2 Å². The highest BCUT2D eigenvalue weighted by Gasteiger charge is 2.20. The number of thiazole rings is 1. The number of fused-ring (bicyclic) bond motifs is 1. The number of benzene rings is 1. The quantitative estimate of drug-likeness (QED) is 0.751. The zero-order chi connectivity index (χ0) is 15.1. The van der Waals surface area contributed by atoms with Gasteiger partial charge >= 0.3 is 0 Å². The molecule has 110 valence electrons. The van der Waals surface area contributed by atoms with Crippen molar-refractivity contribution in [3.63, 3.8) is 0 Å². The minimum atomic E-state index is 0.415. The minimum absolute atomic E-state index is 0.415. The maximum absolute atomic E-state index is 6.32. The average molecular weight is 340 g/mol. The van der Waals surface area contributed by atoms with E-state index < -0.39 is 0 Å². The van der Waals surface area contributed by atoms with Gasteiger partial charge in [-0.15, -0.1) is 11.3 Å². The van der Waals surface area contributed by atoms with Crippen LogP contribution in [0.25, 0.3) is 16.2 Å². The summed E-state index contributed by atoms with van der Waals surface area (Å²) >= 11 is 14.0. The molecule has 21 heavy (non-hydrogen) atoms. The smallest absolute Gasteiger partial charge is 0.194 e. The van der Waals surface area contributed by atoms with Gasteiger partial charge in [0.05, 0.1) is 16.4 Å². The molecule has 0 unspecified atom stereocenters. The van der Waals surface area contributed by atoms with Crippen molar-refractivity contribution in [2.45, 2.75) is 26.8 Å². The summed E-state index contributed by atoms with van der Waals surface area (Å²) in [4.78, 5) is 6.99. The van der Waals surface area contributed by atoms with Crippen molar-refractivity contribution in [1.29, 1.82) is 0 Å². The van der Waals surface area contributed by atoms with Gasteiger partial charge in [-0.2, -0.15) is 0 Å². The van der Waals surface area contributed by atoms with Crippen LogP contribution in [0.4, 0.5) is 0 Å². The maximum atomic E-state index is 6.32. The van der Waals surface area contributed by atoms with E-state index in [4.69, 9.17) is 33.9 Å². The molecule has 0 radical (unpaired) electrons. The molecule has 2 aromatic heterocycles. The predicted octanol–water partition coefficient (Wildman–Crippen LogP) is 4.70. The van der Waals surface area contributed by atoms with Crippen LogP contribution in [-0.4, -0.2) is 9.38 Å². The van der Waals surface area contributed by atoms with Crippen LogP contribution in [0.15, 0.2) is 18.2 Å². The molecule has 1 aromatic carbocycles. The average Bonchev–Trinajstić information content (AvgIpc) is 2.92. The minimum Gasteiger partial charge on any atom is -0.325 e. The number of aryl methyl sites for hydroxylation is 2. The molecule has 0 aliphatic heterocycles. The van der Waals surface area contributed by atoms with Gasteiger partial charge in [0.2, 0.25) is 0 Å². The lowest BCUT2D eigenvalue weighted by atomic mass is 10.1. The van der Waals surface area contributed by atoms with Crippen LogP contribution in [0.5, 0.6) is 0 Å². The Morgan fingerprint density at radius 1 is 1.29 bits per heavy atom. The number of halogens is 2. The fourth-order valence-corrected chi connectivity index (χ4v) is 4.20. The summed E-state index contributed by atoms with van der Waals surface area (Å²) in [7, 11) is 0. The van der Waals surface area contributed by atoms with Crippen molar-refractivity contribution in [2.75, 3.05) is 0 Å². The molecular formula is C15H15Cl2N3S. The molecule has 0 saturated carbocycles. The Hall–Kier alpha value is -1.07. The van der Waals surface area contributed by atoms with Crippen LogP contribution < -0.4 is 5.73 Å². The Bertz CT molecular complexity index is 820. The fraction of sp³-hybridized carbons (Fsp3) is 0.267. The number of hydrogen-bond donors (Lipinski definition) is 1. The first-order chi connectivity index (χ1) is 10.1. The van der Waals surface area contributed by atoms with Crippen molar-refractivity contribution in [2.24, 2.45) is 5.73 Å². The summed E-state index contributed by atoms with van der Waals surface area (Å²) in [5, 5.41) is 1.21. The molecule has 0 saturated heterocycles. The van der Waals surface area contributed by atoms with Gasteiger partial charge in [-0.05, 0) is 31.5 Å². The third kappa shape index (κ3) is 2.36. The number of nitrogens with two attached hydrogens (primary N) is 1. The fourth-order valence-electron chi connectivity index (χ4n) is 2.62. The second kappa shape index (κ2) is 5.61. The lowest BCUT2D eigenvalue weighted by molar-refractivity contribution is 0.902. The van der Waals surface area contributed by atoms with Gasteiger partial charge < -0.3 is 5.73 Å². The molecule has 0 amide bonds. The van der Waals surface area contributed by atoms with Gasteiger partial charge in [0.1, 0.15) is 0 Å². The summed E-state index contributed by atoms with van der Waals surface area (Å²) in [5.41, 5.74) is 9.96. The zero-order valence-corrected chi connectivity index (χ0v) is 14.1. The highest BCUT2D eigenvalue weighted by molar-refractivity contribution is 7.17. The predicted molar refractivity (Wildman–Crippen MR) is 90.5 cm³/mol. The van der Waals surface area contributed by atoms with E-state index in [0.29, 0.717) is 16.6 Å². The molecule has 0 aliphatic rings. The van der Waals surface area contributed by atoms with Gasteiger partial charge in [0.25, 0.3) is 0 Å². The van der Waals surface area contributed by atoms with Crippen molar-refractivity contribution in [3.8, 4) is 11.3 Å². The van der Waals surface area contributed by atoms with E-state index in [1.165, 1.54) is 10.6 Å². The Balaban J connectivity index is 2.30. The van der Waals surface area contributed by atoms with Crippen LogP contribution in [-0.2, 0) is 13.0 Å². The molecule has 0 aliphatic carbocycles. The first-order valence-electron chi connectivity index (χ1n) is 6.71. The highest BCUT2D eigenvalue weighted by atomic mass is 35.5. The molecule has 0 bridgehead atoms. The molecule has 3 rings (SSSR count). The first kappa shape index (κ1) is 14.9. The number of aromatic nitrogens is 2. The van der Waals surface area contributed by atoms with E-state index in [1.54, 1.807) is 17.4 Å². The van der Waals surface area contributed by atoms with Gasteiger partial charge in [0.15, 0.2) is 4.96 Å². The summed E-state index contributed by atoms with van der Waals surface area (Å²) in [6.07, 6.45) is 0.947. The van der Waals surface area contributed by atoms with Crippen LogP contribution in [0, 0.1) is 6.92 Å². The Kier molecular flexibility index (Phi) is 3.97. The van der Waals surface area contributed by atoms with Crippen molar-refractivity contribution in [1.82, 2.24) is 9.38 Å². The molecule has 3 nitrogen and oxygen atoms in total. The van der Waals surface area contributed by atoms with Crippen LogP contribution in [0.3, 0.4) is 0 Å². The van der Waals surface area contributed by atoms with E-state index in [9.17, 15) is 0 Å². The molecule has 3 aromatic rings. The van der Waals surface area contributed by atoms with Crippen LogP contribution >= 0.6 is 34.5 Å². The SMILES string of the molecule is CCc1c(C)sc2nc(-c3ccc(Cl)cc3Cl)c(CN)n12. The Labute approximate surface area is 137 Å². The highest BCUT2D eigenvalue weighted by Crippen LogP contribution is 2.35. The number of imidazole rings is 1.